The monoisotopic (exact) mass is 544 g/mol. The highest BCUT2D eigenvalue weighted by molar-refractivity contribution is 8.18. The van der Waals surface area contributed by atoms with Crippen LogP contribution in [0, 0.1) is 17.8 Å². The molecule has 39 heavy (non-hydrogen) atoms. The van der Waals surface area contributed by atoms with Crippen molar-refractivity contribution >= 4 is 28.9 Å². The smallest absolute Gasteiger partial charge is 0.286 e. The van der Waals surface area contributed by atoms with E-state index >= 15 is 0 Å². The third-order valence-corrected chi connectivity index (χ3v) is 10.8. The van der Waals surface area contributed by atoms with Gasteiger partial charge < -0.3 is 19.5 Å². The number of hydrogen-bond acceptors (Lipinski definition) is 6. The lowest BCUT2D eigenvalue weighted by molar-refractivity contribution is -0.113. The van der Waals surface area contributed by atoms with Crippen LogP contribution in [0.15, 0.2) is 40.2 Å². The summed E-state index contributed by atoms with van der Waals surface area (Å²) in [6, 6.07) is 9.98. The molecule has 0 atom stereocenters. The molecule has 4 bridgehead atoms. The number of phenols is 1. The van der Waals surface area contributed by atoms with Crippen molar-refractivity contribution in [3.8, 4) is 28.4 Å². The quantitative estimate of drug-likeness (QED) is 0.427. The Morgan fingerprint density at radius 3 is 2.28 bits per heavy atom. The number of benzene rings is 2. The number of phenolic OH excluding ortho intramolecular Hbond substituents is 1. The number of amidine groups is 1. The van der Waals surface area contributed by atoms with Crippen LogP contribution in [0.4, 0.5) is 0 Å². The summed E-state index contributed by atoms with van der Waals surface area (Å²) in [6.07, 6.45) is 11.8. The van der Waals surface area contributed by atoms with Gasteiger partial charge in [0.25, 0.3) is 5.91 Å². The minimum Gasteiger partial charge on any atom is -0.508 e. The Labute approximate surface area is 234 Å². The van der Waals surface area contributed by atoms with Crippen molar-refractivity contribution in [1.82, 2.24) is 4.90 Å². The normalized spacial score (nSPS) is 30.4. The average molecular weight is 545 g/mol. The first kappa shape index (κ1) is 25.1. The number of likely N-dealkylation sites (tertiary alicyclic amines) is 1. The Kier molecular flexibility index (Phi) is 6.18. The van der Waals surface area contributed by atoms with E-state index in [2.05, 4.69) is 16.0 Å². The third-order valence-electron chi connectivity index (χ3n) is 9.74. The summed E-state index contributed by atoms with van der Waals surface area (Å²) >= 11 is 1.45. The van der Waals surface area contributed by atoms with Gasteiger partial charge in [0.2, 0.25) is 0 Å². The lowest BCUT2D eigenvalue weighted by Crippen LogP contribution is -2.48. The molecule has 6 aliphatic rings. The number of hydrogen-bond donors (Lipinski definition) is 1. The molecule has 6 nitrogen and oxygen atoms in total. The van der Waals surface area contributed by atoms with Crippen LogP contribution in [0.1, 0.15) is 62.5 Å². The van der Waals surface area contributed by atoms with Crippen LogP contribution < -0.4 is 9.47 Å². The number of thioether (sulfide) groups is 1. The Hall–Kier alpha value is -2.93. The molecule has 2 aromatic carbocycles. The molecule has 2 aliphatic heterocycles. The molecule has 1 saturated heterocycles. The highest BCUT2D eigenvalue weighted by Gasteiger charge is 2.52. The van der Waals surface area contributed by atoms with Crippen molar-refractivity contribution in [2.75, 3.05) is 27.3 Å². The van der Waals surface area contributed by atoms with E-state index in [0.29, 0.717) is 22.2 Å². The van der Waals surface area contributed by atoms with E-state index in [9.17, 15) is 9.90 Å². The second-order valence-corrected chi connectivity index (χ2v) is 13.2. The summed E-state index contributed by atoms with van der Waals surface area (Å²) in [4.78, 5) is 19.9. The van der Waals surface area contributed by atoms with Crippen molar-refractivity contribution in [1.29, 1.82) is 0 Å². The minimum atomic E-state index is -0.199. The largest absolute Gasteiger partial charge is 0.508 e. The van der Waals surface area contributed by atoms with Crippen LogP contribution in [0.3, 0.4) is 0 Å². The second kappa shape index (κ2) is 9.61. The molecule has 8 rings (SSSR count). The zero-order valence-corrected chi connectivity index (χ0v) is 23.6. The SMILES string of the molecule is COc1cc(OC)c(-c2ccc(O)c(C34CC5CC(CC(C5)C3)C4)c2)cc1/C=C1\SC(N2CCCC2)=NC1=O. The average Bonchev–Trinajstić information content (AvgIpc) is 3.58. The molecule has 2 heterocycles. The number of amides is 1. The molecule has 0 spiro atoms. The molecule has 5 fully saturated rings. The number of ether oxygens (including phenoxy) is 2. The van der Waals surface area contributed by atoms with Crippen LogP contribution in [-0.2, 0) is 10.2 Å². The molecular weight excluding hydrogens is 508 g/mol. The molecule has 1 N–H and O–H groups in total. The van der Waals surface area contributed by atoms with E-state index in [1.807, 2.05) is 30.3 Å². The summed E-state index contributed by atoms with van der Waals surface area (Å²) in [5.74, 6) is 3.94. The molecule has 2 aromatic rings. The van der Waals surface area contributed by atoms with Crippen molar-refractivity contribution in [3.63, 3.8) is 0 Å². The highest BCUT2D eigenvalue weighted by atomic mass is 32.2. The summed E-state index contributed by atoms with van der Waals surface area (Å²) in [7, 11) is 3.31. The Morgan fingerprint density at radius 2 is 1.64 bits per heavy atom. The predicted octanol–water partition coefficient (Wildman–Crippen LogP) is 6.61. The number of methoxy groups -OCH3 is 2. The van der Waals surface area contributed by atoms with Crippen molar-refractivity contribution in [2.24, 2.45) is 22.7 Å². The zero-order valence-electron chi connectivity index (χ0n) is 22.7. The molecule has 0 radical (unpaired) electrons. The Bertz CT molecular complexity index is 1360. The summed E-state index contributed by atoms with van der Waals surface area (Å²) in [6.45, 7) is 1.91. The van der Waals surface area contributed by atoms with Gasteiger partial charge in [-0.2, -0.15) is 4.99 Å². The summed E-state index contributed by atoms with van der Waals surface area (Å²) < 4.78 is 11.6. The zero-order chi connectivity index (χ0) is 26.7. The fraction of sp³-hybridized carbons (Fsp3) is 0.500. The van der Waals surface area contributed by atoms with E-state index in [4.69, 9.17) is 9.47 Å². The van der Waals surface area contributed by atoms with Crippen LogP contribution in [0.2, 0.25) is 0 Å². The van der Waals surface area contributed by atoms with E-state index in [-0.39, 0.29) is 11.3 Å². The van der Waals surface area contributed by atoms with Crippen LogP contribution in [-0.4, -0.2) is 48.4 Å². The highest BCUT2D eigenvalue weighted by Crippen LogP contribution is 2.62. The van der Waals surface area contributed by atoms with Crippen molar-refractivity contribution < 1.29 is 19.4 Å². The lowest BCUT2D eigenvalue weighted by Gasteiger charge is -2.57. The number of aromatic hydroxyl groups is 1. The first-order valence-corrected chi connectivity index (χ1v) is 15.1. The van der Waals surface area contributed by atoms with Gasteiger partial charge in [0.15, 0.2) is 5.17 Å². The number of nitrogens with zero attached hydrogens (tertiary/aromatic N) is 2. The van der Waals surface area contributed by atoms with E-state index in [1.165, 1.54) is 50.3 Å². The number of aliphatic imine (C=N–C) groups is 1. The third kappa shape index (κ3) is 4.33. The van der Waals surface area contributed by atoms with Gasteiger partial charge in [0, 0.05) is 35.8 Å². The minimum absolute atomic E-state index is 0.0789. The van der Waals surface area contributed by atoms with Gasteiger partial charge in [-0.25, -0.2) is 0 Å². The topological polar surface area (TPSA) is 71.4 Å². The van der Waals surface area contributed by atoms with Crippen LogP contribution in [0.5, 0.6) is 17.2 Å². The predicted molar refractivity (Wildman–Crippen MR) is 155 cm³/mol. The fourth-order valence-corrected chi connectivity index (χ4v) is 9.37. The van der Waals surface area contributed by atoms with Gasteiger partial charge in [-0.3, -0.25) is 4.79 Å². The molecule has 7 heteroatoms. The first-order valence-electron chi connectivity index (χ1n) is 14.3. The number of carbonyl (C=O) groups is 1. The summed E-state index contributed by atoms with van der Waals surface area (Å²) in [5, 5.41) is 11.9. The first-order chi connectivity index (χ1) is 18.9. The molecule has 0 unspecified atom stereocenters. The van der Waals surface area contributed by atoms with E-state index < -0.39 is 0 Å². The molecular formula is C32H36N2O4S. The lowest BCUT2D eigenvalue weighted by atomic mass is 9.48. The maximum absolute atomic E-state index is 12.8. The van der Waals surface area contributed by atoms with E-state index in [0.717, 1.165) is 71.1 Å². The van der Waals surface area contributed by atoms with Crippen molar-refractivity contribution in [2.45, 2.75) is 56.8 Å². The van der Waals surface area contributed by atoms with Gasteiger partial charge in [0.1, 0.15) is 17.2 Å². The van der Waals surface area contributed by atoms with Gasteiger partial charge >= 0.3 is 0 Å². The van der Waals surface area contributed by atoms with Crippen LogP contribution in [0.25, 0.3) is 17.2 Å². The summed E-state index contributed by atoms with van der Waals surface area (Å²) in [5.41, 5.74) is 3.92. The van der Waals surface area contributed by atoms with Gasteiger partial charge in [-0.05, 0) is 116 Å². The number of rotatable bonds is 5. The molecule has 1 amide bonds. The second-order valence-electron chi connectivity index (χ2n) is 12.2. The maximum Gasteiger partial charge on any atom is 0.286 e. The Balaban J connectivity index is 1.27. The molecule has 204 valence electrons. The maximum atomic E-state index is 12.8. The Morgan fingerprint density at radius 1 is 0.974 bits per heavy atom. The van der Waals surface area contributed by atoms with Crippen molar-refractivity contribution in [3.05, 3.63) is 46.4 Å². The van der Waals surface area contributed by atoms with Gasteiger partial charge in [0.05, 0.1) is 19.1 Å². The standard InChI is InChI=1S/C32H36N2O4S/c1-37-27-15-28(38-2)24(12-23(27)14-29-30(36)33-31(39-29)34-7-3-4-8-34)22-5-6-26(35)25(13-22)32-16-19-9-20(17-32)11-21(10-19)18-32/h5-6,12-15,19-21,35H,3-4,7-11,16-18H2,1-2H3/b29-14-. The van der Waals surface area contributed by atoms with Gasteiger partial charge in [-0.1, -0.05) is 6.07 Å². The fourth-order valence-electron chi connectivity index (χ4n) is 8.41. The number of carbonyl (C=O) groups excluding carboxylic acids is 1. The van der Waals surface area contributed by atoms with Gasteiger partial charge in [-0.15, -0.1) is 0 Å². The molecule has 4 aliphatic carbocycles. The van der Waals surface area contributed by atoms with E-state index in [1.54, 1.807) is 14.2 Å². The molecule has 0 aromatic heterocycles. The van der Waals surface area contributed by atoms with Crippen LogP contribution >= 0.6 is 11.8 Å². The molecule has 4 saturated carbocycles.